The first-order chi connectivity index (χ1) is 5.48. The van der Waals surface area contributed by atoms with Crippen LogP contribution in [0.4, 0.5) is 0 Å². The van der Waals surface area contributed by atoms with E-state index in [2.05, 4.69) is 0 Å². The first-order valence-corrected chi connectivity index (χ1v) is 6.81. The van der Waals surface area contributed by atoms with Crippen molar-refractivity contribution in [3.05, 3.63) is 0 Å². The van der Waals surface area contributed by atoms with Gasteiger partial charge in [0.25, 0.3) is 0 Å². The lowest BCUT2D eigenvalue weighted by Crippen LogP contribution is -2.09. The minimum atomic E-state index is -2.92. The summed E-state index contributed by atoms with van der Waals surface area (Å²) in [7, 11) is -2.92. The predicted molar refractivity (Wildman–Crippen MR) is 47.3 cm³/mol. The number of hydrogen-bond donors (Lipinski definition) is 0. The normalized spacial score (nSPS) is 14.5. The Morgan fingerprint density at radius 1 is 1.33 bits per heavy atom. The molecule has 0 spiro atoms. The van der Waals surface area contributed by atoms with Crippen molar-refractivity contribution in [1.82, 2.24) is 0 Å². The lowest BCUT2D eigenvalue weighted by molar-refractivity contribution is 0.534. The molecule has 1 unspecified atom stereocenters. The Labute approximate surface area is 75.6 Å². The van der Waals surface area contributed by atoms with Crippen LogP contribution in [0.15, 0.2) is 0 Å². The SMILES string of the molecule is CCS(=O)(=O)CCCCS(=O)[O-]. The van der Waals surface area contributed by atoms with E-state index in [9.17, 15) is 17.2 Å². The summed E-state index contributed by atoms with van der Waals surface area (Å²) in [4.78, 5) is 0. The maximum Gasteiger partial charge on any atom is 0.150 e. The Balaban J connectivity index is 3.51. The van der Waals surface area contributed by atoms with Crippen molar-refractivity contribution < 1.29 is 17.2 Å². The van der Waals surface area contributed by atoms with E-state index >= 15 is 0 Å². The maximum atomic E-state index is 10.9. The fourth-order valence-corrected chi connectivity index (χ4v) is 2.06. The van der Waals surface area contributed by atoms with E-state index in [4.69, 9.17) is 0 Å². The van der Waals surface area contributed by atoms with Crippen LogP contribution in [-0.4, -0.2) is 34.4 Å². The molecule has 4 nitrogen and oxygen atoms in total. The van der Waals surface area contributed by atoms with Gasteiger partial charge in [-0.25, -0.2) is 8.42 Å². The van der Waals surface area contributed by atoms with Gasteiger partial charge < -0.3 is 4.55 Å². The summed E-state index contributed by atoms with van der Waals surface area (Å²) in [5.41, 5.74) is 0. The quantitative estimate of drug-likeness (QED) is 0.462. The van der Waals surface area contributed by atoms with E-state index in [-0.39, 0.29) is 17.3 Å². The molecule has 0 amide bonds. The molecular formula is C6H13O4S2-. The van der Waals surface area contributed by atoms with Crippen LogP contribution in [0.5, 0.6) is 0 Å². The van der Waals surface area contributed by atoms with Crippen LogP contribution < -0.4 is 0 Å². The predicted octanol–water partition coefficient (Wildman–Crippen LogP) is 0.0804. The summed E-state index contributed by atoms with van der Waals surface area (Å²) >= 11 is -2.04. The molecular weight excluding hydrogens is 200 g/mol. The largest absolute Gasteiger partial charge is 0.772 e. The third-order valence-corrected chi connectivity index (χ3v) is 3.87. The van der Waals surface area contributed by atoms with Gasteiger partial charge in [0.05, 0.1) is 5.75 Å². The molecule has 12 heavy (non-hydrogen) atoms. The summed E-state index contributed by atoms with van der Waals surface area (Å²) in [5.74, 6) is 0.285. The average molecular weight is 213 g/mol. The first kappa shape index (κ1) is 12.1. The minimum Gasteiger partial charge on any atom is -0.772 e. The Morgan fingerprint density at radius 2 is 1.92 bits per heavy atom. The molecule has 0 aromatic heterocycles. The average Bonchev–Trinajstić information content (AvgIpc) is 1.98. The van der Waals surface area contributed by atoms with Gasteiger partial charge in [-0.05, 0) is 12.8 Å². The van der Waals surface area contributed by atoms with Gasteiger partial charge in [-0.2, -0.15) is 0 Å². The lowest BCUT2D eigenvalue weighted by atomic mass is 10.4. The molecule has 0 saturated carbocycles. The van der Waals surface area contributed by atoms with Gasteiger partial charge in [0, 0.05) is 11.5 Å². The number of rotatable bonds is 6. The molecule has 0 aliphatic rings. The molecule has 6 heteroatoms. The van der Waals surface area contributed by atoms with E-state index in [0.29, 0.717) is 12.8 Å². The molecule has 0 aliphatic heterocycles. The zero-order chi connectivity index (χ0) is 9.61. The number of unbranched alkanes of at least 4 members (excludes halogenated alkanes) is 1. The van der Waals surface area contributed by atoms with E-state index < -0.39 is 20.9 Å². The van der Waals surface area contributed by atoms with Crippen molar-refractivity contribution >= 4 is 20.9 Å². The second kappa shape index (κ2) is 5.66. The molecule has 0 saturated heterocycles. The Morgan fingerprint density at radius 3 is 2.33 bits per heavy atom. The maximum absolute atomic E-state index is 10.9. The Kier molecular flexibility index (Phi) is 5.69. The third kappa shape index (κ3) is 6.75. The molecule has 0 aromatic carbocycles. The van der Waals surface area contributed by atoms with E-state index in [0.717, 1.165) is 0 Å². The molecule has 0 N–H and O–H groups in total. The van der Waals surface area contributed by atoms with Gasteiger partial charge in [-0.3, -0.25) is 4.21 Å². The molecule has 74 valence electrons. The van der Waals surface area contributed by atoms with Crippen molar-refractivity contribution in [2.75, 3.05) is 17.3 Å². The van der Waals surface area contributed by atoms with Gasteiger partial charge in [0.1, 0.15) is 9.84 Å². The summed E-state index contributed by atoms with van der Waals surface area (Å²) < 4.78 is 41.9. The van der Waals surface area contributed by atoms with Gasteiger partial charge in [-0.15, -0.1) is 0 Å². The minimum absolute atomic E-state index is 0.0548. The van der Waals surface area contributed by atoms with Crippen LogP contribution in [0.25, 0.3) is 0 Å². The van der Waals surface area contributed by atoms with Crippen LogP contribution in [0.2, 0.25) is 0 Å². The van der Waals surface area contributed by atoms with E-state index in [1.807, 2.05) is 0 Å². The van der Waals surface area contributed by atoms with Crippen molar-refractivity contribution in [3.63, 3.8) is 0 Å². The highest BCUT2D eigenvalue weighted by atomic mass is 32.2. The van der Waals surface area contributed by atoms with E-state index in [1.165, 1.54) is 0 Å². The highest BCUT2D eigenvalue weighted by Crippen LogP contribution is 1.97. The highest BCUT2D eigenvalue weighted by Gasteiger charge is 2.05. The van der Waals surface area contributed by atoms with Crippen LogP contribution in [-0.2, 0) is 20.9 Å². The molecule has 0 heterocycles. The molecule has 0 aromatic rings. The standard InChI is InChI=1S/C6H14O4S2/c1-2-12(9,10)6-4-3-5-11(7)8/h2-6H2,1H3,(H,7,8)/p-1. The zero-order valence-electron chi connectivity index (χ0n) is 6.99. The number of hydrogen-bond acceptors (Lipinski definition) is 4. The highest BCUT2D eigenvalue weighted by molar-refractivity contribution is 7.91. The summed E-state index contributed by atoms with van der Waals surface area (Å²) in [5, 5.41) is 0. The molecule has 0 aliphatic carbocycles. The van der Waals surface area contributed by atoms with Gasteiger partial charge >= 0.3 is 0 Å². The van der Waals surface area contributed by atoms with Crippen molar-refractivity contribution in [3.8, 4) is 0 Å². The molecule has 0 bridgehead atoms. The lowest BCUT2D eigenvalue weighted by Gasteiger charge is -2.03. The van der Waals surface area contributed by atoms with Crippen LogP contribution in [0, 0.1) is 0 Å². The monoisotopic (exact) mass is 213 g/mol. The van der Waals surface area contributed by atoms with Crippen LogP contribution >= 0.6 is 0 Å². The van der Waals surface area contributed by atoms with Crippen LogP contribution in [0.3, 0.4) is 0 Å². The summed E-state index contributed by atoms with van der Waals surface area (Å²) in [6, 6.07) is 0. The second-order valence-electron chi connectivity index (χ2n) is 2.45. The van der Waals surface area contributed by atoms with Crippen molar-refractivity contribution in [1.29, 1.82) is 0 Å². The third-order valence-electron chi connectivity index (χ3n) is 1.46. The van der Waals surface area contributed by atoms with E-state index in [1.54, 1.807) is 6.92 Å². The second-order valence-corrected chi connectivity index (χ2v) is 5.94. The molecule has 0 radical (unpaired) electrons. The van der Waals surface area contributed by atoms with Crippen molar-refractivity contribution in [2.24, 2.45) is 0 Å². The summed E-state index contributed by atoms with van der Waals surface area (Å²) in [6.45, 7) is 1.58. The fraction of sp³-hybridized carbons (Fsp3) is 1.00. The Hall–Kier alpha value is 0.0600. The first-order valence-electron chi connectivity index (χ1n) is 3.74. The zero-order valence-corrected chi connectivity index (χ0v) is 8.62. The van der Waals surface area contributed by atoms with Crippen molar-refractivity contribution in [2.45, 2.75) is 19.8 Å². The smallest absolute Gasteiger partial charge is 0.150 e. The van der Waals surface area contributed by atoms with Gasteiger partial charge in [-0.1, -0.05) is 18.0 Å². The Bertz CT molecular complexity index is 232. The molecule has 1 atom stereocenters. The fourth-order valence-electron chi connectivity index (χ4n) is 0.686. The number of sulfone groups is 1. The topological polar surface area (TPSA) is 74.3 Å². The van der Waals surface area contributed by atoms with Gasteiger partial charge in [0.15, 0.2) is 0 Å². The van der Waals surface area contributed by atoms with Gasteiger partial charge in [0.2, 0.25) is 0 Å². The van der Waals surface area contributed by atoms with Crippen LogP contribution in [0.1, 0.15) is 19.8 Å². The molecule has 0 fully saturated rings. The molecule has 0 rings (SSSR count). The summed E-state index contributed by atoms with van der Waals surface area (Å²) in [6.07, 6.45) is 0.861.